The number of hydrogen-bond acceptors (Lipinski definition) is 32. The first-order valence-corrected chi connectivity index (χ1v) is 22.8. The van der Waals surface area contributed by atoms with E-state index in [1.807, 2.05) is 0 Å². The van der Waals surface area contributed by atoms with E-state index in [4.69, 9.17) is 43.6 Å². The molecule has 1 rings (SSSR count). The predicted molar refractivity (Wildman–Crippen MR) is 231 cm³/mol. The monoisotopic (exact) mass is 1070 g/mol. The minimum Gasteiger partial charge on any atom is -0.394 e. The van der Waals surface area contributed by atoms with Gasteiger partial charge in [0.1, 0.15) is 79.4 Å². The van der Waals surface area contributed by atoms with Crippen LogP contribution in [0.5, 0.6) is 0 Å². The van der Waals surface area contributed by atoms with Gasteiger partial charge in [-0.15, -0.1) is 0 Å². The van der Waals surface area contributed by atoms with E-state index in [9.17, 15) is 117 Å². The van der Waals surface area contributed by atoms with Gasteiger partial charge in [0.15, 0.2) is 31.5 Å². The molecular formula is C40H81NO31. The third kappa shape index (κ3) is 21.3. The molecule has 32 nitrogen and oxygen atoms in total. The molecule has 0 spiro atoms. The van der Waals surface area contributed by atoms with Gasteiger partial charge in [0.25, 0.3) is 0 Å². The highest BCUT2D eigenvalue weighted by Gasteiger charge is 2.50. The van der Waals surface area contributed by atoms with Crippen molar-refractivity contribution in [1.82, 2.24) is 0 Å². The van der Waals surface area contributed by atoms with Crippen LogP contribution in [0.15, 0.2) is 0 Å². The molecule has 0 saturated carbocycles. The van der Waals surface area contributed by atoms with E-state index in [0.717, 1.165) is 14.2 Å². The van der Waals surface area contributed by atoms with Gasteiger partial charge in [0.05, 0.1) is 88.5 Å². The summed E-state index contributed by atoms with van der Waals surface area (Å²) < 4.78 is 43.0. The Hall–Kier alpha value is -1.28. The third-order valence-electron chi connectivity index (χ3n) is 11.4. The van der Waals surface area contributed by atoms with E-state index >= 15 is 0 Å². The minimum absolute atomic E-state index is 0.0585. The number of hydrogen-bond donors (Lipinski definition) is 24. The Morgan fingerprint density at radius 2 is 0.972 bits per heavy atom. The Morgan fingerprint density at radius 1 is 0.472 bits per heavy atom. The maximum atomic E-state index is 11.4. The van der Waals surface area contributed by atoms with Crippen LogP contribution in [0, 0.1) is 0 Å². The highest BCUT2D eigenvalue weighted by Crippen LogP contribution is 2.29. The summed E-state index contributed by atoms with van der Waals surface area (Å²) in [5.74, 6) is 0. The number of methoxy groups -OCH3 is 2. The minimum atomic E-state index is -2.77. The van der Waals surface area contributed by atoms with Crippen LogP contribution in [0.2, 0.25) is 0 Å². The van der Waals surface area contributed by atoms with Gasteiger partial charge in [0.2, 0.25) is 0 Å². The highest BCUT2D eigenvalue weighted by molar-refractivity contribution is 4.94. The van der Waals surface area contributed by atoms with Crippen molar-refractivity contribution in [2.75, 3.05) is 60.4 Å². The fraction of sp³-hybridized carbons (Fsp3) is 1.00. The maximum absolute atomic E-state index is 11.4. The van der Waals surface area contributed by atoms with Crippen LogP contribution >= 0.6 is 0 Å². The van der Waals surface area contributed by atoms with Crippen LogP contribution < -0.4 is 5.73 Å². The van der Waals surface area contributed by atoms with Crippen molar-refractivity contribution in [1.29, 1.82) is 0 Å². The summed E-state index contributed by atoms with van der Waals surface area (Å²) in [5.41, 5.74) is 5.46. The fourth-order valence-corrected chi connectivity index (χ4v) is 7.14. The van der Waals surface area contributed by atoms with Crippen molar-refractivity contribution < 1.29 is 155 Å². The van der Waals surface area contributed by atoms with Crippen LogP contribution in [-0.2, 0) is 37.9 Å². The van der Waals surface area contributed by atoms with E-state index in [-0.39, 0.29) is 19.6 Å². The smallest absolute Gasteiger partial charge is 0.187 e. The number of aliphatic hydroxyl groups excluding tert-OH is 23. The molecule has 0 radical (unpaired) electrons. The van der Waals surface area contributed by atoms with Crippen LogP contribution in [-0.4, -0.2) is 337 Å². The zero-order valence-electron chi connectivity index (χ0n) is 39.6. The summed E-state index contributed by atoms with van der Waals surface area (Å²) >= 11 is 0. The summed E-state index contributed by atoms with van der Waals surface area (Å²) in [6.07, 6.45) is -58.3. The normalized spacial score (nSPS) is 27.8. The summed E-state index contributed by atoms with van der Waals surface area (Å²) in [7, 11) is 1.76. The van der Waals surface area contributed by atoms with Crippen molar-refractivity contribution >= 4 is 0 Å². The molecule has 0 bridgehead atoms. The van der Waals surface area contributed by atoms with E-state index in [0.29, 0.717) is 0 Å². The predicted octanol–water partition coefficient (Wildman–Crippen LogP) is -13.5. The second-order valence-corrected chi connectivity index (χ2v) is 17.1. The SMILES string of the molecule is CO[C@H](O[C@H](CO)C[C@@H](O)C(O)C(O)[C@H](O)OC(C(O)[C@H](O)C[C@H](O)CO)[C@H](OC)OC(C(O)[C@H](O)C[C@H](O)CO)[C@H](O)OCCCN)C(O)C(O[C@H]1OC([C@H](O)CO)[C@@H](O)C(O)C1O)[C@H](O)C[C@H](O)CO. The molecule has 32 heteroatoms. The van der Waals surface area contributed by atoms with Crippen LogP contribution in [0.25, 0.3) is 0 Å². The zero-order valence-corrected chi connectivity index (χ0v) is 39.6. The van der Waals surface area contributed by atoms with Gasteiger partial charge in [0, 0.05) is 39.9 Å². The summed E-state index contributed by atoms with van der Waals surface area (Å²) in [5, 5.41) is 240. The summed E-state index contributed by atoms with van der Waals surface area (Å²) in [6.45, 7) is -5.07. The first-order chi connectivity index (χ1) is 33.8. The van der Waals surface area contributed by atoms with Crippen LogP contribution in [0.4, 0.5) is 0 Å². The average Bonchev–Trinajstić information content (AvgIpc) is 3.36. The maximum Gasteiger partial charge on any atom is 0.187 e. The Morgan fingerprint density at radius 3 is 1.44 bits per heavy atom. The number of rotatable bonds is 40. The molecule has 1 heterocycles. The van der Waals surface area contributed by atoms with Gasteiger partial charge in [-0.1, -0.05) is 0 Å². The van der Waals surface area contributed by atoms with Gasteiger partial charge in [-0.3, -0.25) is 0 Å². The van der Waals surface area contributed by atoms with E-state index < -0.39 is 218 Å². The van der Waals surface area contributed by atoms with E-state index in [1.54, 1.807) is 0 Å². The van der Waals surface area contributed by atoms with Gasteiger partial charge in [-0.05, 0) is 13.0 Å². The highest BCUT2D eigenvalue weighted by atomic mass is 16.7. The van der Waals surface area contributed by atoms with Crippen molar-refractivity contribution in [2.24, 2.45) is 5.73 Å². The Bertz CT molecular complexity index is 1370. The van der Waals surface area contributed by atoms with E-state index in [2.05, 4.69) is 0 Å². The lowest BCUT2D eigenvalue weighted by Crippen LogP contribution is -2.63. The van der Waals surface area contributed by atoms with Crippen molar-refractivity contribution in [3.63, 3.8) is 0 Å². The molecule has 72 heavy (non-hydrogen) atoms. The second kappa shape index (κ2) is 35.2. The first kappa shape index (κ1) is 68.7. The molecule has 25 N–H and O–H groups in total. The van der Waals surface area contributed by atoms with Crippen molar-refractivity contribution in [3.05, 3.63) is 0 Å². The quantitative estimate of drug-likeness (QED) is 0.0200. The van der Waals surface area contributed by atoms with Gasteiger partial charge < -0.3 is 161 Å². The van der Waals surface area contributed by atoms with Gasteiger partial charge >= 0.3 is 0 Å². The van der Waals surface area contributed by atoms with Crippen molar-refractivity contribution in [3.8, 4) is 0 Å². The van der Waals surface area contributed by atoms with Gasteiger partial charge in [-0.2, -0.15) is 0 Å². The molecule has 0 aliphatic carbocycles. The molecule has 0 aromatic heterocycles. The lowest BCUT2D eigenvalue weighted by molar-refractivity contribution is -0.342. The number of aliphatic hydroxyl groups is 23. The van der Waals surface area contributed by atoms with Gasteiger partial charge in [-0.25, -0.2) is 0 Å². The molecule has 0 aromatic carbocycles. The molecule has 0 amide bonds. The molecule has 11 unspecified atom stereocenters. The first-order valence-electron chi connectivity index (χ1n) is 22.8. The zero-order chi connectivity index (χ0) is 55.2. The Kier molecular flexibility index (Phi) is 33.6. The topological polar surface area (TPSA) is 565 Å². The largest absolute Gasteiger partial charge is 0.394 e. The number of nitrogens with two attached hydrogens (primary N) is 1. The van der Waals surface area contributed by atoms with Crippen LogP contribution in [0.3, 0.4) is 0 Å². The molecule has 432 valence electrons. The molecular weight excluding hydrogens is 990 g/mol. The lowest BCUT2D eigenvalue weighted by atomic mass is 9.95. The van der Waals surface area contributed by atoms with Crippen LogP contribution in [0.1, 0.15) is 32.1 Å². The Labute approximate surface area is 412 Å². The molecule has 1 fully saturated rings. The third-order valence-corrected chi connectivity index (χ3v) is 11.4. The molecule has 1 saturated heterocycles. The van der Waals surface area contributed by atoms with Crippen molar-refractivity contribution in [2.45, 2.75) is 192 Å². The molecule has 1 aliphatic rings. The lowest BCUT2D eigenvalue weighted by Gasteiger charge is -2.44. The molecule has 26 atom stereocenters. The average molecular weight is 1070 g/mol. The summed E-state index contributed by atoms with van der Waals surface area (Å²) in [6, 6.07) is 0. The number of ether oxygens (including phenoxy) is 8. The second-order valence-electron chi connectivity index (χ2n) is 17.1. The summed E-state index contributed by atoms with van der Waals surface area (Å²) in [4.78, 5) is 0. The Balaban J connectivity index is 3.48. The molecule has 1 aliphatic heterocycles. The van der Waals surface area contributed by atoms with E-state index in [1.165, 1.54) is 0 Å². The fourth-order valence-electron chi connectivity index (χ4n) is 7.14. The molecule has 0 aromatic rings. The standard InChI is InChI=1S/C40H81NO31/c1-65-38(31(62)32(22(53)8-17(49)12-44)70-39-30(61)27(58)28(59)33(71-39)23(54)14-46)68-18(13-45)9-21(52)24(55)29(60)36(63)69-35(26(57)20(51)7-16(48)11-43)40(66-2)72-34(37(64)67-5-3-4-41)25(56)19(50)6-15(47)10-42/h15-40,42-64H,3-14,41H2,1-2H3/t15-,16-,17-,18-,19+,20+,21+,22+,23+,24?,25?,26?,27?,28-,29?,30?,31?,32?,33?,34?,35?,36+,37+,38+,39-,40+/m0/s1.